The van der Waals surface area contributed by atoms with Crippen molar-refractivity contribution in [2.24, 2.45) is 0 Å². The molecule has 1 saturated heterocycles. The van der Waals surface area contributed by atoms with Gasteiger partial charge in [0.1, 0.15) is 4.90 Å². The Morgan fingerprint density at radius 1 is 1.03 bits per heavy atom. The molecule has 2 atom stereocenters. The number of sulfonamides is 1. The maximum atomic E-state index is 13.2. The first kappa shape index (κ1) is 22.8. The molecule has 1 amide bonds. The van der Waals surface area contributed by atoms with Crippen LogP contribution in [-0.2, 0) is 14.8 Å². The van der Waals surface area contributed by atoms with Crippen molar-refractivity contribution < 1.29 is 27.4 Å². The third kappa shape index (κ3) is 4.85. The summed E-state index contributed by atoms with van der Waals surface area (Å²) in [5.41, 5.74) is 0.684. The number of hydrogen-bond donors (Lipinski definition) is 1. The Hall–Kier alpha value is -2.33. The summed E-state index contributed by atoms with van der Waals surface area (Å²) in [7, 11) is -3.90. The Bertz CT molecular complexity index is 1110. The van der Waals surface area contributed by atoms with E-state index in [0.717, 1.165) is 6.42 Å². The number of carbonyl (C=O) groups is 1. The molecule has 0 unspecified atom stereocenters. The number of amides is 1. The summed E-state index contributed by atoms with van der Waals surface area (Å²) in [4.78, 5) is 12.8. The molecule has 1 N–H and O–H groups in total. The van der Waals surface area contributed by atoms with E-state index in [0.29, 0.717) is 30.4 Å². The lowest BCUT2D eigenvalue weighted by Crippen LogP contribution is -2.48. The van der Waals surface area contributed by atoms with Gasteiger partial charge in [0.2, 0.25) is 10.0 Å². The van der Waals surface area contributed by atoms with Gasteiger partial charge in [-0.25, -0.2) is 8.42 Å². The van der Waals surface area contributed by atoms with Gasteiger partial charge in [0.05, 0.1) is 30.4 Å². The fraction of sp³-hybridized carbons (Fsp3) is 0.409. The molecular formula is C22H25ClN2O6S. The van der Waals surface area contributed by atoms with E-state index in [1.165, 1.54) is 22.5 Å². The maximum absolute atomic E-state index is 13.2. The second-order valence-corrected chi connectivity index (χ2v) is 10.2. The minimum Gasteiger partial charge on any atom is -0.490 e. The van der Waals surface area contributed by atoms with Crippen LogP contribution in [0.1, 0.15) is 30.6 Å². The normalized spacial score (nSPS) is 21.6. The van der Waals surface area contributed by atoms with Gasteiger partial charge in [-0.15, -0.1) is 0 Å². The molecule has 2 aromatic rings. The number of anilines is 1. The molecule has 2 aromatic carbocycles. The van der Waals surface area contributed by atoms with Crippen molar-refractivity contribution in [2.45, 2.75) is 37.4 Å². The van der Waals surface area contributed by atoms with Crippen molar-refractivity contribution >= 4 is 33.2 Å². The zero-order valence-electron chi connectivity index (χ0n) is 17.8. The Kier molecular flexibility index (Phi) is 6.62. The van der Waals surface area contributed by atoms with Crippen molar-refractivity contribution in [2.75, 3.05) is 31.6 Å². The zero-order valence-corrected chi connectivity index (χ0v) is 19.4. The quantitative estimate of drug-likeness (QED) is 0.719. The van der Waals surface area contributed by atoms with Crippen LogP contribution in [-0.4, -0.2) is 57.1 Å². The molecule has 0 aliphatic carbocycles. The van der Waals surface area contributed by atoms with Gasteiger partial charge >= 0.3 is 0 Å². The van der Waals surface area contributed by atoms with E-state index in [9.17, 15) is 13.2 Å². The standard InChI is InChI=1S/C22H25ClN2O6S/c1-14-12-25(13-15(2)31-14)32(27,28)21-10-16(4-6-18(21)23)22(26)24-17-5-7-19-20(11-17)30-9-3-8-29-19/h4-7,10-11,14-15H,3,8-9,12-13H2,1-2H3,(H,24,26)/t14-,15-/m1/s1. The summed E-state index contributed by atoms with van der Waals surface area (Å²) in [5, 5.41) is 2.83. The number of benzene rings is 2. The van der Waals surface area contributed by atoms with E-state index in [1.807, 2.05) is 13.8 Å². The molecule has 0 bridgehead atoms. The van der Waals surface area contributed by atoms with Gasteiger partial charge in [-0.05, 0) is 44.2 Å². The Morgan fingerprint density at radius 3 is 2.44 bits per heavy atom. The average molecular weight is 481 g/mol. The van der Waals surface area contributed by atoms with E-state index < -0.39 is 15.9 Å². The summed E-state index contributed by atoms with van der Waals surface area (Å²) in [5.74, 6) is 0.709. The summed E-state index contributed by atoms with van der Waals surface area (Å²) in [6, 6.07) is 9.34. The fourth-order valence-corrected chi connectivity index (χ4v) is 5.84. The first-order valence-electron chi connectivity index (χ1n) is 10.4. The van der Waals surface area contributed by atoms with Crippen molar-refractivity contribution in [3.05, 3.63) is 47.0 Å². The van der Waals surface area contributed by atoms with Gasteiger partial charge < -0.3 is 19.5 Å². The highest BCUT2D eigenvalue weighted by atomic mass is 35.5. The number of nitrogens with one attached hydrogen (secondary N) is 1. The van der Waals surface area contributed by atoms with Gasteiger partial charge in [0.25, 0.3) is 5.91 Å². The lowest BCUT2D eigenvalue weighted by Gasteiger charge is -2.34. The molecule has 10 heteroatoms. The largest absolute Gasteiger partial charge is 0.490 e. The molecule has 172 valence electrons. The van der Waals surface area contributed by atoms with E-state index in [1.54, 1.807) is 18.2 Å². The first-order chi connectivity index (χ1) is 15.2. The Morgan fingerprint density at radius 2 is 1.72 bits per heavy atom. The maximum Gasteiger partial charge on any atom is 0.255 e. The highest BCUT2D eigenvalue weighted by Crippen LogP contribution is 2.33. The second-order valence-electron chi connectivity index (χ2n) is 7.89. The predicted octanol–water partition coefficient (Wildman–Crippen LogP) is 3.55. The van der Waals surface area contributed by atoms with Crippen LogP contribution in [0.2, 0.25) is 5.02 Å². The minimum absolute atomic E-state index is 0.0592. The number of fused-ring (bicyclic) bond motifs is 1. The van der Waals surface area contributed by atoms with Crippen LogP contribution in [0.3, 0.4) is 0 Å². The van der Waals surface area contributed by atoms with Gasteiger partial charge in [0, 0.05) is 36.8 Å². The summed E-state index contributed by atoms with van der Waals surface area (Å²) >= 11 is 6.23. The van der Waals surface area contributed by atoms with Crippen LogP contribution in [0.4, 0.5) is 5.69 Å². The molecule has 0 aromatic heterocycles. The third-order valence-electron chi connectivity index (χ3n) is 5.20. The van der Waals surface area contributed by atoms with Crippen LogP contribution < -0.4 is 14.8 Å². The number of ether oxygens (including phenoxy) is 3. The lowest BCUT2D eigenvalue weighted by atomic mass is 10.2. The van der Waals surface area contributed by atoms with Gasteiger partial charge in [-0.1, -0.05) is 11.6 Å². The Balaban J connectivity index is 1.57. The number of nitrogens with zero attached hydrogens (tertiary/aromatic N) is 1. The molecule has 2 aliphatic heterocycles. The van der Waals surface area contributed by atoms with E-state index >= 15 is 0 Å². The summed E-state index contributed by atoms with van der Waals surface area (Å²) < 4.78 is 44.7. The molecule has 4 rings (SSSR count). The van der Waals surface area contributed by atoms with E-state index in [2.05, 4.69) is 5.32 Å². The molecule has 0 saturated carbocycles. The molecule has 0 radical (unpaired) electrons. The highest BCUT2D eigenvalue weighted by Gasteiger charge is 2.34. The number of rotatable bonds is 4. The smallest absolute Gasteiger partial charge is 0.255 e. The minimum atomic E-state index is -3.90. The van der Waals surface area contributed by atoms with Crippen LogP contribution in [0.25, 0.3) is 0 Å². The molecule has 2 heterocycles. The van der Waals surface area contributed by atoms with Crippen LogP contribution in [0.15, 0.2) is 41.3 Å². The van der Waals surface area contributed by atoms with E-state index in [-0.39, 0.29) is 40.8 Å². The Labute approximate surface area is 192 Å². The predicted molar refractivity (Wildman–Crippen MR) is 120 cm³/mol. The first-order valence-corrected chi connectivity index (χ1v) is 12.2. The van der Waals surface area contributed by atoms with Crippen molar-refractivity contribution in [3.8, 4) is 11.5 Å². The number of morpholine rings is 1. The lowest BCUT2D eigenvalue weighted by molar-refractivity contribution is -0.0440. The second kappa shape index (κ2) is 9.27. The van der Waals surface area contributed by atoms with E-state index in [4.69, 9.17) is 25.8 Å². The van der Waals surface area contributed by atoms with Crippen molar-refractivity contribution in [3.63, 3.8) is 0 Å². The molecular weight excluding hydrogens is 456 g/mol. The zero-order chi connectivity index (χ0) is 22.9. The average Bonchev–Trinajstić information content (AvgIpc) is 2.98. The monoisotopic (exact) mass is 480 g/mol. The SMILES string of the molecule is C[C@@H]1CN(S(=O)(=O)c2cc(C(=O)Nc3ccc4c(c3)OCCCO4)ccc2Cl)C[C@@H](C)O1. The third-order valence-corrected chi connectivity index (χ3v) is 7.52. The fourth-order valence-electron chi connectivity index (χ4n) is 3.75. The molecule has 1 fully saturated rings. The molecule has 32 heavy (non-hydrogen) atoms. The number of carbonyl (C=O) groups excluding carboxylic acids is 1. The molecule has 8 nitrogen and oxygen atoms in total. The topological polar surface area (TPSA) is 94.2 Å². The number of halogens is 1. The van der Waals surface area contributed by atoms with Crippen molar-refractivity contribution in [1.29, 1.82) is 0 Å². The van der Waals surface area contributed by atoms with Crippen LogP contribution in [0, 0.1) is 0 Å². The van der Waals surface area contributed by atoms with Gasteiger partial charge in [-0.2, -0.15) is 4.31 Å². The molecule has 0 spiro atoms. The highest BCUT2D eigenvalue weighted by molar-refractivity contribution is 7.89. The van der Waals surface area contributed by atoms with Gasteiger partial charge in [0.15, 0.2) is 11.5 Å². The van der Waals surface area contributed by atoms with Crippen molar-refractivity contribution in [1.82, 2.24) is 4.31 Å². The summed E-state index contributed by atoms with van der Waals surface area (Å²) in [6.07, 6.45) is 0.301. The summed E-state index contributed by atoms with van der Waals surface area (Å²) in [6.45, 7) is 5.17. The van der Waals surface area contributed by atoms with Gasteiger partial charge in [-0.3, -0.25) is 4.79 Å². The van der Waals surface area contributed by atoms with Crippen LogP contribution >= 0.6 is 11.6 Å². The number of hydrogen-bond acceptors (Lipinski definition) is 6. The van der Waals surface area contributed by atoms with Crippen LogP contribution in [0.5, 0.6) is 11.5 Å². The molecule has 2 aliphatic rings.